The summed E-state index contributed by atoms with van der Waals surface area (Å²) in [6.07, 6.45) is 5.31. The van der Waals surface area contributed by atoms with Crippen LogP contribution in [0.25, 0.3) is 0 Å². The van der Waals surface area contributed by atoms with E-state index in [0.717, 1.165) is 23.1 Å². The van der Waals surface area contributed by atoms with Gasteiger partial charge in [-0.3, -0.25) is 9.69 Å². The fourth-order valence-corrected chi connectivity index (χ4v) is 2.35. The van der Waals surface area contributed by atoms with Gasteiger partial charge in [0.15, 0.2) is 0 Å². The van der Waals surface area contributed by atoms with Crippen molar-refractivity contribution in [2.45, 2.75) is 19.3 Å². The lowest BCUT2D eigenvalue weighted by atomic mass is 10.1. The molecule has 0 saturated carbocycles. The second-order valence-corrected chi connectivity index (χ2v) is 5.60. The number of hydrogen-bond donors (Lipinski definition) is 1. The van der Waals surface area contributed by atoms with E-state index in [1.54, 1.807) is 6.21 Å². The highest BCUT2D eigenvalue weighted by Gasteiger charge is 2.12. The summed E-state index contributed by atoms with van der Waals surface area (Å²) in [5.41, 5.74) is 3.53. The summed E-state index contributed by atoms with van der Waals surface area (Å²) in [7, 11) is 0. The zero-order chi connectivity index (χ0) is 13.5. The van der Waals surface area contributed by atoms with Gasteiger partial charge in [0.25, 0.3) is 5.91 Å². The minimum Gasteiger partial charge on any atom is -0.294 e. The second-order valence-electron chi connectivity index (χ2n) is 4.68. The lowest BCUT2D eigenvalue weighted by molar-refractivity contribution is -0.122. The Morgan fingerprint density at radius 1 is 1.26 bits per heavy atom. The van der Waals surface area contributed by atoms with Gasteiger partial charge in [-0.1, -0.05) is 34.5 Å². The number of hydrazone groups is 1. The summed E-state index contributed by atoms with van der Waals surface area (Å²) < 4.78 is 1.03. The zero-order valence-corrected chi connectivity index (χ0v) is 12.4. The summed E-state index contributed by atoms with van der Waals surface area (Å²) in [5.74, 6) is -0.0461. The van der Waals surface area contributed by atoms with Crippen molar-refractivity contribution in [1.29, 1.82) is 0 Å². The normalized spacial score (nSPS) is 16.7. The number of nitrogens with one attached hydrogen (secondary N) is 1. The largest absolute Gasteiger partial charge is 0.294 e. The Labute approximate surface area is 122 Å². The number of carbonyl (C=O) groups is 1. The van der Waals surface area contributed by atoms with Crippen molar-refractivity contribution in [1.82, 2.24) is 10.3 Å². The van der Waals surface area contributed by atoms with Crippen molar-refractivity contribution < 1.29 is 4.79 Å². The highest BCUT2D eigenvalue weighted by Crippen LogP contribution is 2.09. The maximum absolute atomic E-state index is 11.7. The molecule has 102 valence electrons. The summed E-state index contributed by atoms with van der Waals surface area (Å²) in [6.45, 7) is 2.48. The third-order valence-electron chi connectivity index (χ3n) is 3.09. The Kier molecular flexibility index (Phi) is 5.54. The van der Waals surface area contributed by atoms with Crippen molar-refractivity contribution >= 4 is 28.1 Å². The maximum atomic E-state index is 11.7. The van der Waals surface area contributed by atoms with Gasteiger partial charge in [-0.15, -0.1) is 0 Å². The van der Waals surface area contributed by atoms with Crippen molar-refractivity contribution in [2.75, 3.05) is 19.6 Å². The number of rotatable bonds is 4. The number of nitrogens with zero attached hydrogens (tertiary/aromatic N) is 2. The van der Waals surface area contributed by atoms with Crippen LogP contribution in [-0.4, -0.2) is 36.7 Å². The number of hydrogen-bond acceptors (Lipinski definition) is 3. The molecule has 1 aromatic rings. The van der Waals surface area contributed by atoms with Gasteiger partial charge < -0.3 is 0 Å². The summed E-state index contributed by atoms with van der Waals surface area (Å²) in [5, 5.41) is 3.97. The number of amides is 1. The van der Waals surface area contributed by atoms with Gasteiger partial charge in [-0.05, 0) is 43.6 Å². The van der Waals surface area contributed by atoms with Crippen molar-refractivity contribution in [3.63, 3.8) is 0 Å². The molecule has 0 atom stereocenters. The number of benzene rings is 1. The first kappa shape index (κ1) is 14.2. The van der Waals surface area contributed by atoms with E-state index in [-0.39, 0.29) is 5.91 Å². The molecule has 2 rings (SSSR count). The highest BCUT2D eigenvalue weighted by molar-refractivity contribution is 9.10. The number of likely N-dealkylation sites (tertiary alicyclic amines) is 1. The second kappa shape index (κ2) is 7.40. The predicted molar refractivity (Wildman–Crippen MR) is 80.2 cm³/mol. The molecule has 1 aromatic carbocycles. The van der Waals surface area contributed by atoms with Crippen LogP contribution in [0.1, 0.15) is 24.8 Å². The predicted octanol–water partition coefficient (Wildman–Crippen LogP) is 2.39. The van der Waals surface area contributed by atoms with E-state index in [1.165, 1.54) is 19.3 Å². The zero-order valence-electron chi connectivity index (χ0n) is 10.8. The van der Waals surface area contributed by atoms with Crippen LogP contribution in [0.5, 0.6) is 0 Å². The van der Waals surface area contributed by atoms with E-state index < -0.39 is 0 Å². The molecule has 1 fully saturated rings. The number of halogens is 1. The van der Waals surface area contributed by atoms with Crippen molar-refractivity contribution in [3.05, 3.63) is 34.3 Å². The van der Waals surface area contributed by atoms with Crippen LogP contribution in [0.2, 0.25) is 0 Å². The molecule has 0 aromatic heterocycles. The average Bonchev–Trinajstić information content (AvgIpc) is 2.42. The molecule has 4 nitrogen and oxygen atoms in total. The van der Waals surface area contributed by atoms with Crippen LogP contribution in [0.4, 0.5) is 0 Å². The van der Waals surface area contributed by atoms with Gasteiger partial charge >= 0.3 is 0 Å². The third kappa shape index (κ3) is 5.12. The molecule has 19 heavy (non-hydrogen) atoms. The molecule has 0 spiro atoms. The molecule has 0 unspecified atom stereocenters. The van der Waals surface area contributed by atoms with Crippen LogP contribution >= 0.6 is 15.9 Å². The molecule has 1 N–H and O–H groups in total. The highest BCUT2D eigenvalue weighted by atomic mass is 79.9. The fraction of sp³-hybridized carbons (Fsp3) is 0.429. The quantitative estimate of drug-likeness (QED) is 0.683. The lowest BCUT2D eigenvalue weighted by Crippen LogP contribution is -2.38. The van der Waals surface area contributed by atoms with Crippen LogP contribution < -0.4 is 5.43 Å². The first-order chi connectivity index (χ1) is 9.24. The van der Waals surface area contributed by atoms with Gasteiger partial charge in [0.2, 0.25) is 0 Å². The monoisotopic (exact) mass is 323 g/mol. The van der Waals surface area contributed by atoms with Crippen LogP contribution in [0.3, 0.4) is 0 Å². The summed E-state index contributed by atoms with van der Waals surface area (Å²) in [6, 6.07) is 7.75. The molecule has 0 aliphatic carbocycles. The van der Waals surface area contributed by atoms with Gasteiger partial charge in [-0.2, -0.15) is 5.10 Å². The molecule has 0 bridgehead atoms. The topological polar surface area (TPSA) is 44.7 Å². The van der Waals surface area contributed by atoms with Crippen molar-refractivity contribution in [3.8, 4) is 0 Å². The van der Waals surface area contributed by atoms with E-state index in [0.29, 0.717) is 6.54 Å². The molecular formula is C14H18BrN3O. The number of piperidine rings is 1. The minimum atomic E-state index is -0.0461. The maximum Gasteiger partial charge on any atom is 0.254 e. The molecule has 1 aliphatic rings. The lowest BCUT2D eigenvalue weighted by Gasteiger charge is -2.25. The molecule has 5 heteroatoms. The first-order valence-electron chi connectivity index (χ1n) is 6.54. The Morgan fingerprint density at radius 2 is 1.95 bits per heavy atom. The van der Waals surface area contributed by atoms with Gasteiger partial charge in [0, 0.05) is 4.47 Å². The van der Waals surface area contributed by atoms with Crippen LogP contribution in [0.15, 0.2) is 33.8 Å². The van der Waals surface area contributed by atoms with E-state index in [2.05, 4.69) is 31.4 Å². The molecule has 1 heterocycles. The minimum absolute atomic E-state index is 0.0461. The Hall–Kier alpha value is -1.20. The fourth-order valence-electron chi connectivity index (χ4n) is 2.08. The first-order valence-corrected chi connectivity index (χ1v) is 7.33. The van der Waals surface area contributed by atoms with E-state index in [9.17, 15) is 4.79 Å². The summed E-state index contributed by atoms with van der Waals surface area (Å²) in [4.78, 5) is 13.9. The van der Waals surface area contributed by atoms with Gasteiger partial charge in [0.05, 0.1) is 12.8 Å². The van der Waals surface area contributed by atoms with Crippen LogP contribution in [-0.2, 0) is 4.79 Å². The van der Waals surface area contributed by atoms with Crippen LogP contribution in [0, 0.1) is 0 Å². The molecule has 1 amide bonds. The SMILES string of the molecule is O=C(CN1CCCCC1)N/N=C\c1ccc(Br)cc1. The molecule has 1 aliphatic heterocycles. The Morgan fingerprint density at radius 3 is 2.63 bits per heavy atom. The van der Waals surface area contributed by atoms with Crippen molar-refractivity contribution in [2.24, 2.45) is 5.10 Å². The van der Waals surface area contributed by atoms with E-state index in [1.807, 2.05) is 24.3 Å². The third-order valence-corrected chi connectivity index (χ3v) is 3.62. The molecule has 0 radical (unpaired) electrons. The smallest absolute Gasteiger partial charge is 0.254 e. The summed E-state index contributed by atoms with van der Waals surface area (Å²) >= 11 is 3.37. The molecular weight excluding hydrogens is 306 g/mol. The van der Waals surface area contributed by atoms with Gasteiger partial charge in [-0.25, -0.2) is 5.43 Å². The standard InChI is InChI=1S/C14H18BrN3O/c15-13-6-4-12(5-7-13)10-16-17-14(19)11-18-8-2-1-3-9-18/h4-7,10H,1-3,8-9,11H2,(H,17,19)/b16-10-. The van der Waals surface area contributed by atoms with Gasteiger partial charge in [0.1, 0.15) is 0 Å². The van der Waals surface area contributed by atoms with E-state index in [4.69, 9.17) is 0 Å². The average molecular weight is 324 g/mol. The Bertz CT molecular complexity index is 439. The van der Waals surface area contributed by atoms with E-state index >= 15 is 0 Å². The number of carbonyl (C=O) groups excluding carboxylic acids is 1. The molecule has 1 saturated heterocycles. The Balaban J connectivity index is 1.74.